The van der Waals surface area contributed by atoms with Crippen LogP contribution in [0.1, 0.15) is 6.92 Å². The number of hydrogen-bond donors (Lipinski definition) is 0. The molecule has 0 aromatic heterocycles. The molecule has 1 aliphatic rings. The van der Waals surface area contributed by atoms with Crippen molar-refractivity contribution in [2.45, 2.75) is 19.2 Å². The number of nitrogens with zero attached hydrogens (tertiary/aromatic N) is 1. The molecule has 0 N–H and O–H groups in total. The molecule has 15 heavy (non-hydrogen) atoms. The summed E-state index contributed by atoms with van der Waals surface area (Å²) >= 11 is 0. The van der Waals surface area contributed by atoms with E-state index in [1.54, 1.807) is 12.0 Å². The second-order valence-corrected chi connectivity index (χ2v) is 3.35. The van der Waals surface area contributed by atoms with Crippen LogP contribution in [0.2, 0.25) is 0 Å². The molecule has 2 atom stereocenters. The zero-order valence-electron chi connectivity index (χ0n) is 9.14. The molecule has 0 bridgehead atoms. The molecule has 1 rings (SSSR count). The van der Waals surface area contributed by atoms with Gasteiger partial charge in [0.05, 0.1) is 19.3 Å². The minimum Gasteiger partial charge on any atom is -0.445 e. The molecule has 86 valence electrons. The van der Waals surface area contributed by atoms with E-state index in [2.05, 4.69) is 6.58 Å². The van der Waals surface area contributed by atoms with E-state index in [-0.39, 0.29) is 18.9 Å². The Morgan fingerprint density at radius 3 is 3.00 bits per heavy atom. The molecule has 5 nitrogen and oxygen atoms in total. The highest BCUT2D eigenvalue weighted by Crippen LogP contribution is 2.15. The zero-order chi connectivity index (χ0) is 11.3. The Kier molecular flexibility index (Phi) is 4.58. The van der Waals surface area contributed by atoms with Crippen LogP contribution in [-0.2, 0) is 14.2 Å². The molecule has 1 aliphatic heterocycles. The number of carbonyl (C=O) groups excluding carboxylic acids is 1. The minimum atomic E-state index is -0.391. The Morgan fingerprint density at radius 2 is 2.40 bits per heavy atom. The number of morpholine rings is 1. The van der Waals surface area contributed by atoms with Crippen LogP contribution >= 0.6 is 0 Å². The van der Waals surface area contributed by atoms with E-state index in [0.717, 1.165) is 0 Å². The van der Waals surface area contributed by atoms with Gasteiger partial charge in [-0.2, -0.15) is 0 Å². The fourth-order valence-electron chi connectivity index (χ4n) is 1.47. The van der Waals surface area contributed by atoms with Crippen LogP contribution in [0.4, 0.5) is 4.79 Å². The summed E-state index contributed by atoms with van der Waals surface area (Å²) in [6.45, 7) is 6.46. The summed E-state index contributed by atoms with van der Waals surface area (Å²) in [6.07, 6.45) is 0.772. The fraction of sp³-hybridized carbons (Fsp3) is 0.700. The maximum Gasteiger partial charge on any atom is 0.412 e. The predicted molar refractivity (Wildman–Crippen MR) is 54.5 cm³/mol. The van der Waals surface area contributed by atoms with Crippen LogP contribution in [0.5, 0.6) is 0 Å². The van der Waals surface area contributed by atoms with Crippen molar-refractivity contribution in [1.82, 2.24) is 4.90 Å². The number of amides is 1. The van der Waals surface area contributed by atoms with Gasteiger partial charge in [-0.05, 0) is 6.92 Å². The smallest absolute Gasteiger partial charge is 0.412 e. The summed E-state index contributed by atoms with van der Waals surface area (Å²) < 4.78 is 15.4. The van der Waals surface area contributed by atoms with Crippen molar-refractivity contribution in [2.24, 2.45) is 0 Å². The molecular formula is C10H17NO4. The first-order chi connectivity index (χ1) is 7.20. The summed E-state index contributed by atoms with van der Waals surface area (Å²) in [7, 11) is 1.54. The van der Waals surface area contributed by atoms with Crippen LogP contribution in [0.15, 0.2) is 12.7 Å². The lowest BCUT2D eigenvalue weighted by Gasteiger charge is -2.38. The Morgan fingerprint density at radius 1 is 1.67 bits per heavy atom. The molecular weight excluding hydrogens is 198 g/mol. The van der Waals surface area contributed by atoms with E-state index in [0.29, 0.717) is 13.2 Å². The SMILES string of the molecule is C=CCOC(=O)N1C(OC)COC[C@@H]1C. The number of rotatable bonds is 3. The van der Waals surface area contributed by atoms with Crippen LogP contribution in [-0.4, -0.2) is 50.2 Å². The third kappa shape index (κ3) is 2.94. The van der Waals surface area contributed by atoms with Crippen LogP contribution in [0.25, 0.3) is 0 Å². The highest BCUT2D eigenvalue weighted by atomic mass is 16.6. The third-order valence-corrected chi connectivity index (χ3v) is 2.21. The number of methoxy groups -OCH3 is 1. The predicted octanol–water partition coefficient (Wildman–Crippen LogP) is 1.00. The highest BCUT2D eigenvalue weighted by molar-refractivity contribution is 5.68. The second kappa shape index (κ2) is 5.72. The second-order valence-electron chi connectivity index (χ2n) is 3.35. The van der Waals surface area contributed by atoms with E-state index in [4.69, 9.17) is 14.2 Å². The molecule has 1 saturated heterocycles. The molecule has 1 heterocycles. The van der Waals surface area contributed by atoms with Gasteiger partial charge in [0.15, 0.2) is 6.23 Å². The quantitative estimate of drug-likeness (QED) is 0.659. The summed E-state index contributed by atoms with van der Waals surface area (Å²) in [4.78, 5) is 13.2. The lowest BCUT2D eigenvalue weighted by molar-refractivity contribution is -0.134. The van der Waals surface area contributed by atoms with E-state index in [1.165, 1.54) is 6.08 Å². The Bertz CT molecular complexity index is 231. The van der Waals surface area contributed by atoms with Crippen molar-refractivity contribution in [2.75, 3.05) is 26.9 Å². The molecule has 0 radical (unpaired) electrons. The first kappa shape index (κ1) is 12.0. The summed E-state index contributed by atoms with van der Waals surface area (Å²) in [6, 6.07) is -0.0407. The van der Waals surface area contributed by atoms with Gasteiger partial charge in [-0.15, -0.1) is 0 Å². The zero-order valence-corrected chi connectivity index (χ0v) is 9.14. The summed E-state index contributed by atoms with van der Waals surface area (Å²) in [5, 5.41) is 0. The molecule has 0 saturated carbocycles. The number of carbonyl (C=O) groups is 1. The van der Waals surface area contributed by atoms with Crippen molar-refractivity contribution >= 4 is 6.09 Å². The highest BCUT2D eigenvalue weighted by Gasteiger charge is 2.33. The first-order valence-corrected chi connectivity index (χ1v) is 4.87. The largest absolute Gasteiger partial charge is 0.445 e. The molecule has 0 spiro atoms. The molecule has 0 aromatic rings. The monoisotopic (exact) mass is 215 g/mol. The minimum absolute atomic E-state index is 0.0407. The average molecular weight is 215 g/mol. The van der Waals surface area contributed by atoms with E-state index < -0.39 is 6.09 Å². The average Bonchev–Trinajstić information content (AvgIpc) is 2.25. The van der Waals surface area contributed by atoms with Crippen molar-refractivity contribution in [3.8, 4) is 0 Å². The van der Waals surface area contributed by atoms with E-state index in [9.17, 15) is 4.79 Å². The van der Waals surface area contributed by atoms with Crippen LogP contribution in [0.3, 0.4) is 0 Å². The Hall–Kier alpha value is -1.07. The lowest BCUT2D eigenvalue weighted by Crippen LogP contribution is -2.54. The first-order valence-electron chi connectivity index (χ1n) is 4.87. The normalized spacial score (nSPS) is 26.1. The van der Waals surface area contributed by atoms with Crippen LogP contribution < -0.4 is 0 Å². The Balaban J connectivity index is 2.60. The van der Waals surface area contributed by atoms with Crippen molar-refractivity contribution in [3.63, 3.8) is 0 Å². The van der Waals surface area contributed by atoms with Gasteiger partial charge in [-0.3, -0.25) is 4.90 Å². The summed E-state index contributed by atoms with van der Waals surface area (Å²) in [5.41, 5.74) is 0. The van der Waals surface area contributed by atoms with Crippen molar-refractivity contribution < 1.29 is 19.0 Å². The molecule has 1 amide bonds. The van der Waals surface area contributed by atoms with Gasteiger partial charge < -0.3 is 14.2 Å². The maximum atomic E-state index is 11.7. The number of hydrogen-bond acceptors (Lipinski definition) is 4. The molecule has 1 fully saturated rings. The summed E-state index contributed by atoms with van der Waals surface area (Å²) in [5.74, 6) is 0. The van der Waals surface area contributed by atoms with E-state index in [1.807, 2.05) is 6.92 Å². The van der Waals surface area contributed by atoms with E-state index >= 15 is 0 Å². The third-order valence-electron chi connectivity index (χ3n) is 2.21. The van der Waals surface area contributed by atoms with Gasteiger partial charge in [-0.25, -0.2) is 4.79 Å². The molecule has 5 heteroatoms. The van der Waals surface area contributed by atoms with Crippen molar-refractivity contribution in [1.29, 1.82) is 0 Å². The topological polar surface area (TPSA) is 48.0 Å². The van der Waals surface area contributed by atoms with Gasteiger partial charge in [0.2, 0.25) is 0 Å². The van der Waals surface area contributed by atoms with Gasteiger partial charge in [-0.1, -0.05) is 12.7 Å². The fourth-order valence-corrected chi connectivity index (χ4v) is 1.47. The molecule has 0 aliphatic carbocycles. The lowest BCUT2D eigenvalue weighted by atomic mass is 10.2. The standard InChI is InChI=1S/C10H17NO4/c1-4-5-15-10(12)11-8(2)6-14-7-9(11)13-3/h4,8-9H,1,5-7H2,2-3H3/t8-,9?/m0/s1. The van der Waals surface area contributed by atoms with Gasteiger partial charge >= 0.3 is 6.09 Å². The van der Waals surface area contributed by atoms with Gasteiger partial charge in [0.1, 0.15) is 6.61 Å². The van der Waals surface area contributed by atoms with Crippen molar-refractivity contribution in [3.05, 3.63) is 12.7 Å². The van der Waals surface area contributed by atoms with Crippen LogP contribution in [0, 0.1) is 0 Å². The maximum absolute atomic E-state index is 11.7. The molecule has 0 aromatic carbocycles. The van der Waals surface area contributed by atoms with Gasteiger partial charge in [0.25, 0.3) is 0 Å². The van der Waals surface area contributed by atoms with Gasteiger partial charge in [0, 0.05) is 7.11 Å². The number of ether oxygens (including phenoxy) is 3. The Labute approximate surface area is 89.6 Å². The molecule has 1 unspecified atom stereocenters.